The number of rotatable bonds is 2. The summed E-state index contributed by atoms with van der Waals surface area (Å²) in [6, 6.07) is 5.60. The van der Waals surface area contributed by atoms with Gasteiger partial charge in [-0.1, -0.05) is 6.92 Å². The molecule has 0 fully saturated rings. The molecule has 13 heavy (non-hydrogen) atoms. The van der Waals surface area contributed by atoms with Crippen LogP contribution in [0, 0.1) is 3.57 Å². The average molecular weight is 290 g/mol. The van der Waals surface area contributed by atoms with Crippen LogP contribution >= 0.6 is 22.6 Å². The summed E-state index contributed by atoms with van der Waals surface area (Å²) < 4.78 is 5.82. The number of hydrogen-bond acceptors (Lipinski definition) is 2. The lowest BCUT2D eigenvalue weighted by Gasteiger charge is -2.03. The maximum absolute atomic E-state index is 11.2. The highest BCUT2D eigenvalue weighted by molar-refractivity contribution is 14.1. The van der Waals surface area contributed by atoms with Crippen molar-refractivity contribution in [1.82, 2.24) is 0 Å². The van der Waals surface area contributed by atoms with Crippen LogP contribution in [0.1, 0.15) is 22.8 Å². The summed E-state index contributed by atoms with van der Waals surface area (Å²) in [5.74, 6) is -0.272. The van der Waals surface area contributed by atoms with E-state index in [2.05, 4.69) is 34.3 Å². The molecule has 2 nitrogen and oxygen atoms in total. The van der Waals surface area contributed by atoms with Gasteiger partial charge in [-0.05, 0) is 52.8 Å². The quantitative estimate of drug-likeness (QED) is 0.618. The summed E-state index contributed by atoms with van der Waals surface area (Å²) >= 11 is 2.26. The molecule has 0 saturated heterocycles. The summed E-state index contributed by atoms with van der Waals surface area (Å²) in [5.41, 5.74) is 1.81. The van der Waals surface area contributed by atoms with Gasteiger partial charge < -0.3 is 4.74 Å². The fourth-order valence-corrected chi connectivity index (χ4v) is 1.81. The molecular weight excluding hydrogens is 279 g/mol. The van der Waals surface area contributed by atoms with Crippen LogP contribution in [-0.4, -0.2) is 13.1 Å². The van der Waals surface area contributed by atoms with Gasteiger partial charge in [0.2, 0.25) is 0 Å². The number of aryl methyl sites for hydroxylation is 1. The molecule has 0 aliphatic carbocycles. The lowest BCUT2D eigenvalue weighted by molar-refractivity contribution is 0.0600. The minimum absolute atomic E-state index is 0.272. The molecule has 0 aliphatic heterocycles. The Bertz CT molecular complexity index is 321. The van der Waals surface area contributed by atoms with Gasteiger partial charge in [0.05, 0.1) is 12.7 Å². The van der Waals surface area contributed by atoms with Crippen molar-refractivity contribution < 1.29 is 9.53 Å². The minimum Gasteiger partial charge on any atom is -0.465 e. The molecule has 1 rings (SSSR count). The molecule has 0 amide bonds. The second-order valence-corrected chi connectivity index (χ2v) is 3.81. The van der Waals surface area contributed by atoms with Gasteiger partial charge in [0.1, 0.15) is 0 Å². The van der Waals surface area contributed by atoms with Crippen LogP contribution in [-0.2, 0) is 11.2 Å². The van der Waals surface area contributed by atoms with E-state index >= 15 is 0 Å². The van der Waals surface area contributed by atoms with Crippen molar-refractivity contribution in [2.24, 2.45) is 0 Å². The van der Waals surface area contributed by atoms with E-state index < -0.39 is 0 Å². The zero-order valence-corrected chi connectivity index (χ0v) is 9.79. The van der Waals surface area contributed by atoms with E-state index in [-0.39, 0.29) is 5.97 Å². The van der Waals surface area contributed by atoms with Crippen LogP contribution in [0.2, 0.25) is 0 Å². The van der Waals surface area contributed by atoms with Crippen molar-refractivity contribution in [3.8, 4) is 0 Å². The van der Waals surface area contributed by atoms with Crippen molar-refractivity contribution in [2.45, 2.75) is 13.3 Å². The topological polar surface area (TPSA) is 26.3 Å². The van der Waals surface area contributed by atoms with Crippen molar-refractivity contribution >= 4 is 28.6 Å². The van der Waals surface area contributed by atoms with E-state index in [0.29, 0.717) is 5.56 Å². The number of hydrogen-bond donors (Lipinski definition) is 0. The van der Waals surface area contributed by atoms with Gasteiger partial charge in [-0.3, -0.25) is 0 Å². The third kappa shape index (κ3) is 2.43. The van der Waals surface area contributed by atoms with Crippen molar-refractivity contribution in [3.05, 3.63) is 32.9 Å². The fraction of sp³-hybridized carbons (Fsp3) is 0.300. The predicted molar refractivity (Wildman–Crippen MR) is 59.9 cm³/mol. The van der Waals surface area contributed by atoms with Gasteiger partial charge >= 0.3 is 5.97 Å². The molecule has 0 N–H and O–H groups in total. The molecule has 0 aromatic heterocycles. The van der Waals surface area contributed by atoms with Gasteiger partial charge in [-0.25, -0.2) is 4.79 Å². The Morgan fingerprint density at radius 3 is 2.77 bits per heavy atom. The zero-order valence-electron chi connectivity index (χ0n) is 7.63. The second kappa shape index (κ2) is 4.60. The summed E-state index contributed by atoms with van der Waals surface area (Å²) in [6.45, 7) is 2.07. The van der Waals surface area contributed by atoms with Gasteiger partial charge in [0, 0.05) is 3.57 Å². The van der Waals surface area contributed by atoms with Crippen LogP contribution in [0.5, 0.6) is 0 Å². The van der Waals surface area contributed by atoms with Crippen molar-refractivity contribution in [2.75, 3.05) is 7.11 Å². The van der Waals surface area contributed by atoms with Gasteiger partial charge in [0.25, 0.3) is 0 Å². The monoisotopic (exact) mass is 290 g/mol. The van der Waals surface area contributed by atoms with Crippen LogP contribution in [0.4, 0.5) is 0 Å². The number of methoxy groups -OCH3 is 1. The van der Waals surface area contributed by atoms with Gasteiger partial charge in [-0.2, -0.15) is 0 Å². The SMILES string of the molecule is CCc1cc(C(=O)OC)ccc1I. The standard InChI is InChI=1S/C10H11IO2/c1-3-7-6-8(10(12)13-2)4-5-9(7)11/h4-6H,3H2,1-2H3. The lowest BCUT2D eigenvalue weighted by atomic mass is 10.1. The fourth-order valence-electron chi connectivity index (χ4n) is 1.09. The maximum Gasteiger partial charge on any atom is 0.337 e. The van der Waals surface area contributed by atoms with E-state index in [1.54, 1.807) is 6.07 Å². The third-order valence-corrected chi connectivity index (χ3v) is 2.90. The molecule has 1 aromatic carbocycles. The Morgan fingerprint density at radius 2 is 2.23 bits per heavy atom. The maximum atomic E-state index is 11.2. The number of ether oxygens (including phenoxy) is 1. The Balaban J connectivity index is 3.06. The Morgan fingerprint density at radius 1 is 1.54 bits per heavy atom. The molecule has 3 heteroatoms. The van der Waals surface area contributed by atoms with Crippen LogP contribution < -0.4 is 0 Å². The first-order chi connectivity index (χ1) is 6.19. The number of esters is 1. The first-order valence-electron chi connectivity index (χ1n) is 4.05. The molecular formula is C10H11IO2. The average Bonchev–Trinajstić information content (AvgIpc) is 2.17. The second-order valence-electron chi connectivity index (χ2n) is 2.65. The molecule has 70 valence electrons. The predicted octanol–water partition coefficient (Wildman–Crippen LogP) is 2.64. The molecule has 0 saturated carbocycles. The van der Waals surface area contributed by atoms with E-state index in [4.69, 9.17) is 0 Å². The highest BCUT2D eigenvalue weighted by Crippen LogP contribution is 2.15. The van der Waals surface area contributed by atoms with E-state index in [1.165, 1.54) is 16.2 Å². The number of carbonyl (C=O) groups excluding carboxylic acids is 1. The van der Waals surface area contributed by atoms with Gasteiger partial charge in [-0.15, -0.1) is 0 Å². The third-order valence-electron chi connectivity index (χ3n) is 1.85. The first kappa shape index (κ1) is 10.5. The molecule has 0 bridgehead atoms. The van der Waals surface area contributed by atoms with E-state index in [1.807, 2.05) is 12.1 Å². The van der Waals surface area contributed by atoms with Crippen molar-refractivity contribution in [1.29, 1.82) is 0 Å². The Labute approximate surface area is 91.4 Å². The summed E-state index contributed by atoms with van der Waals surface area (Å²) in [7, 11) is 1.39. The molecule has 1 aromatic rings. The molecule has 0 radical (unpaired) electrons. The van der Waals surface area contributed by atoms with Crippen LogP contribution in [0.15, 0.2) is 18.2 Å². The number of halogens is 1. The molecule has 0 spiro atoms. The molecule has 0 unspecified atom stereocenters. The zero-order chi connectivity index (χ0) is 9.84. The van der Waals surface area contributed by atoms with Crippen LogP contribution in [0.3, 0.4) is 0 Å². The summed E-state index contributed by atoms with van der Waals surface area (Å²) in [4.78, 5) is 11.2. The number of carbonyl (C=O) groups is 1. The smallest absolute Gasteiger partial charge is 0.337 e. The largest absolute Gasteiger partial charge is 0.465 e. The normalized spacial score (nSPS) is 9.77. The van der Waals surface area contributed by atoms with E-state index in [0.717, 1.165) is 6.42 Å². The Hall–Kier alpha value is -0.580. The summed E-state index contributed by atoms with van der Waals surface area (Å²) in [6.07, 6.45) is 0.934. The highest BCUT2D eigenvalue weighted by atomic mass is 127. The highest BCUT2D eigenvalue weighted by Gasteiger charge is 2.06. The number of benzene rings is 1. The van der Waals surface area contributed by atoms with E-state index in [9.17, 15) is 4.79 Å². The summed E-state index contributed by atoms with van der Waals surface area (Å²) in [5, 5.41) is 0. The Kier molecular flexibility index (Phi) is 3.71. The van der Waals surface area contributed by atoms with Crippen molar-refractivity contribution in [3.63, 3.8) is 0 Å². The lowest BCUT2D eigenvalue weighted by Crippen LogP contribution is -2.02. The molecule has 0 heterocycles. The molecule has 0 atom stereocenters. The molecule has 0 aliphatic rings. The minimum atomic E-state index is -0.272. The van der Waals surface area contributed by atoms with Gasteiger partial charge in [0.15, 0.2) is 0 Å². The van der Waals surface area contributed by atoms with Crippen LogP contribution in [0.25, 0.3) is 0 Å². The first-order valence-corrected chi connectivity index (χ1v) is 5.13.